The summed E-state index contributed by atoms with van der Waals surface area (Å²) in [5, 5.41) is 15.2. The second kappa shape index (κ2) is 9.63. The van der Waals surface area contributed by atoms with Crippen molar-refractivity contribution in [3.05, 3.63) is 45.2 Å². The van der Waals surface area contributed by atoms with Gasteiger partial charge in [0, 0.05) is 24.7 Å². The zero-order chi connectivity index (χ0) is 19.9. The number of rotatable bonds is 8. The molecule has 1 aromatic carbocycles. The van der Waals surface area contributed by atoms with E-state index in [0.29, 0.717) is 17.3 Å². The van der Waals surface area contributed by atoms with Crippen LogP contribution < -0.4 is 10.1 Å². The van der Waals surface area contributed by atoms with E-state index in [1.54, 1.807) is 18.2 Å². The summed E-state index contributed by atoms with van der Waals surface area (Å²) in [6.07, 6.45) is 2.07. The molecular formula is C18H22ClN5O4. The van der Waals surface area contributed by atoms with Crippen LogP contribution in [0.4, 0.5) is 11.5 Å². The maximum absolute atomic E-state index is 11.6. The Hall–Kier alpha value is -2.49. The van der Waals surface area contributed by atoms with E-state index in [4.69, 9.17) is 21.1 Å². The maximum atomic E-state index is 11.6. The summed E-state index contributed by atoms with van der Waals surface area (Å²) in [6.45, 7) is 6.58. The number of halogens is 1. The van der Waals surface area contributed by atoms with E-state index in [9.17, 15) is 10.1 Å². The van der Waals surface area contributed by atoms with Gasteiger partial charge in [-0.2, -0.15) is 4.98 Å². The van der Waals surface area contributed by atoms with Crippen molar-refractivity contribution in [1.29, 1.82) is 0 Å². The molecule has 0 bridgehead atoms. The third-order valence-corrected chi connectivity index (χ3v) is 4.79. The molecule has 28 heavy (non-hydrogen) atoms. The van der Waals surface area contributed by atoms with Crippen molar-refractivity contribution in [3.63, 3.8) is 0 Å². The lowest BCUT2D eigenvalue weighted by Gasteiger charge is -2.26. The highest BCUT2D eigenvalue weighted by atomic mass is 35.5. The molecule has 1 N–H and O–H groups in total. The Labute approximate surface area is 167 Å². The van der Waals surface area contributed by atoms with Crippen LogP contribution in [-0.2, 0) is 4.74 Å². The second-order valence-electron chi connectivity index (χ2n) is 6.38. The lowest BCUT2D eigenvalue weighted by molar-refractivity contribution is -0.385. The van der Waals surface area contributed by atoms with E-state index in [1.165, 1.54) is 6.33 Å². The Balaban J connectivity index is 1.66. The van der Waals surface area contributed by atoms with Crippen LogP contribution in [-0.4, -0.2) is 59.2 Å². The van der Waals surface area contributed by atoms with Crippen LogP contribution in [0.3, 0.4) is 0 Å². The zero-order valence-corrected chi connectivity index (χ0v) is 16.3. The molecule has 2 aromatic rings. The largest absolute Gasteiger partial charge is 0.434 e. The summed E-state index contributed by atoms with van der Waals surface area (Å²) >= 11 is 6.01. The van der Waals surface area contributed by atoms with E-state index in [0.717, 1.165) is 44.8 Å². The number of hydrogen-bond donors (Lipinski definition) is 1. The normalized spacial score (nSPS) is 14.6. The quantitative estimate of drug-likeness (QED) is 0.404. The number of morpholine rings is 1. The van der Waals surface area contributed by atoms with Gasteiger partial charge in [-0.25, -0.2) is 4.98 Å². The molecule has 1 aliphatic rings. The number of nitrogens with one attached hydrogen (secondary N) is 1. The molecule has 3 rings (SSSR count). The van der Waals surface area contributed by atoms with Gasteiger partial charge in [-0.1, -0.05) is 11.6 Å². The molecule has 0 aliphatic carbocycles. The fraction of sp³-hybridized carbons (Fsp3) is 0.444. The van der Waals surface area contributed by atoms with Crippen molar-refractivity contribution in [3.8, 4) is 11.6 Å². The maximum Gasteiger partial charge on any atom is 0.373 e. The van der Waals surface area contributed by atoms with Crippen LogP contribution in [0.15, 0.2) is 24.5 Å². The van der Waals surface area contributed by atoms with Gasteiger partial charge in [0.05, 0.1) is 18.1 Å². The van der Waals surface area contributed by atoms with Gasteiger partial charge in [0.1, 0.15) is 12.1 Å². The van der Waals surface area contributed by atoms with E-state index in [-0.39, 0.29) is 17.4 Å². The molecule has 0 spiro atoms. The first-order valence-corrected chi connectivity index (χ1v) is 9.40. The Bertz CT molecular complexity index is 830. The summed E-state index contributed by atoms with van der Waals surface area (Å²) < 4.78 is 11.0. The van der Waals surface area contributed by atoms with Gasteiger partial charge in [0.15, 0.2) is 0 Å². The number of benzene rings is 1. The van der Waals surface area contributed by atoms with E-state index < -0.39 is 4.92 Å². The second-order valence-corrected chi connectivity index (χ2v) is 6.79. The highest BCUT2D eigenvalue weighted by molar-refractivity contribution is 6.31. The van der Waals surface area contributed by atoms with Crippen LogP contribution in [0.25, 0.3) is 0 Å². The van der Waals surface area contributed by atoms with Gasteiger partial charge in [0.2, 0.25) is 5.82 Å². The first-order valence-electron chi connectivity index (χ1n) is 9.02. The molecule has 0 unspecified atom stereocenters. The van der Waals surface area contributed by atoms with E-state index in [1.807, 2.05) is 6.92 Å². The van der Waals surface area contributed by atoms with Crippen LogP contribution in [0, 0.1) is 17.0 Å². The first kappa shape index (κ1) is 20.2. The van der Waals surface area contributed by atoms with Crippen molar-refractivity contribution < 1.29 is 14.4 Å². The highest BCUT2D eigenvalue weighted by Gasteiger charge is 2.25. The summed E-state index contributed by atoms with van der Waals surface area (Å²) in [6, 6.07) is 5.00. The average molecular weight is 408 g/mol. The van der Waals surface area contributed by atoms with Gasteiger partial charge in [-0.3, -0.25) is 15.0 Å². The van der Waals surface area contributed by atoms with Crippen LogP contribution in [0.5, 0.6) is 11.6 Å². The molecule has 0 radical (unpaired) electrons. The molecule has 0 amide bonds. The Morgan fingerprint density at radius 3 is 2.86 bits per heavy atom. The number of nitro groups is 1. The van der Waals surface area contributed by atoms with Gasteiger partial charge in [0.25, 0.3) is 0 Å². The van der Waals surface area contributed by atoms with Gasteiger partial charge in [-0.15, -0.1) is 0 Å². The lowest BCUT2D eigenvalue weighted by Crippen LogP contribution is -2.37. The minimum atomic E-state index is -0.539. The average Bonchev–Trinajstić information content (AvgIpc) is 2.69. The molecule has 10 heteroatoms. The van der Waals surface area contributed by atoms with Crippen molar-refractivity contribution >= 4 is 23.1 Å². The summed E-state index contributed by atoms with van der Waals surface area (Å²) in [4.78, 5) is 21.3. The van der Waals surface area contributed by atoms with Crippen molar-refractivity contribution in [2.75, 3.05) is 44.7 Å². The molecule has 1 saturated heterocycles. The summed E-state index contributed by atoms with van der Waals surface area (Å²) in [7, 11) is 0. The lowest BCUT2D eigenvalue weighted by atomic mass is 10.2. The molecule has 150 valence electrons. The summed E-state index contributed by atoms with van der Waals surface area (Å²) in [5.41, 5.74) is 0.513. The van der Waals surface area contributed by atoms with Crippen LogP contribution in [0.1, 0.15) is 12.0 Å². The first-order chi connectivity index (χ1) is 13.5. The third kappa shape index (κ3) is 5.28. The van der Waals surface area contributed by atoms with Crippen molar-refractivity contribution in [2.24, 2.45) is 0 Å². The van der Waals surface area contributed by atoms with Gasteiger partial charge in [-0.05, 0) is 43.7 Å². The SMILES string of the molecule is Cc1cc(Oc2ncnc(NCCCN3CCOCC3)c2[N+](=O)[O-])ccc1Cl. The minimum Gasteiger partial charge on any atom is -0.434 e. The number of aromatic nitrogens is 2. The number of aryl methyl sites for hydroxylation is 1. The predicted octanol–water partition coefficient (Wildman–Crippen LogP) is 3.27. The Morgan fingerprint density at radius 1 is 1.36 bits per heavy atom. The molecular weight excluding hydrogens is 386 g/mol. The van der Waals surface area contributed by atoms with Crippen LogP contribution in [0.2, 0.25) is 5.02 Å². The highest BCUT2D eigenvalue weighted by Crippen LogP contribution is 2.34. The topological polar surface area (TPSA) is 103 Å². The molecule has 1 aromatic heterocycles. The smallest absolute Gasteiger partial charge is 0.373 e. The fourth-order valence-corrected chi connectivity index (χ4v) is 2.98. The van der Waals surface area contributed by atoms with Gasteiger partial charge < -0.3 is 14.8 Å². The molecule has 0 saturated carbocycles. The molecule has 0 atom stereocenters. The number of ether oxygens (including phenoxy) is 2. The Kier molecular flexibility index (Phi) is 6.96. The zero-order valence-electron chi connectivity index (χ0n) is 15.6. The van der Waals surface area contributed by atoms with Crippen molar-refractivity contribution in [1.82, 2.24) is 14.9 Å². The number of hydrogen-bond acceptors (Lipinski definition) is 8. The van der Waals surface area contributed by atoms with Gasteiger partial charge >= 0.3 is 11.6 Å². The predicted molar refractivity (Wildman–Crippen MR) is 105 cm³/mol. The molecule has 1 fully saturated rings. The third-order valence-electron chi connectivity index (χ3n) is 4.36. The molecule has 1 aliphatic heterocycles. The van der Waals surface area contributed by atoms with Crippen LogP contribution >= 0.6 is 11.6 Å². The number of nitrogens with zero attached hydrogens (tertiary/aromatic N) is 4. The molecule has 2 heterocycles. The Morgan fingerprint density at radius 2 is 2.14 bits per heavy atom. The van der Waals surface area contributed by atoms with E-state index >= 15 is 0 Å². The monoisotopic (exact) mass is 407 g/mol. The number of anilines is 1. The summed E-state index contributed by atoms with van der Waals surface area (Å²) in [5.74, 6) is 0.446. The molecule has 9 nitrogen and oxygen atoms in total. The standard InChI is InChI=1S/C18H22ClN5O4/c1-13-11-14(3-4-15(13)19)28-18-16(24(25)26)17(21-12-22-18)20-5-2-6-23-7-9-27-10-8-23/h3-4,11-12H,2,5-10H2,1H3,(H,20,21,22). The fourth-order valence-electron chi connectivity index (χ4n) is 2.86. The minimum absolute atomic E-state index is 0.114. The van der Waals surface area contributed by atoms with Crippen molar-refractivity contribution in [2.45, 2.75) is 13.3 Å². The van der Waals surface area contributed by atoms with E-state index in [2.05, 4.69) is 20.2 Å².